The van der Waals surface area contributed by atoms with Crippen molar-refractivity contribution in [1.29, 1.82) is 0 Å². The normalized spacial score (nSPS) is 10.9. The standard InChI is InChI=1S/C12H17F/c1-5-10-7-6-9(4)11(8(2)3)12(10)13/h6-8H,5H2,1-4H3. The molecule has 13 heavy (non-hydrogen) atoms. The van der Waals surface area contributed by atoms with Gasteiger partial charge in [0.05, 0.1) is 0 Å². The second-order valence-corrected chi connectivity index (χ2v) is 3.78. The highest BCUT2D eigenvalue weighted by Crippen LogP contribution is 2.25. The first-order valence-electron chi connectivity index (χ1n) is 4.85. The van der Waals surface area contributed by atoms with Gasteiger partial charge in [-0.25, -0.2) is 4.39 Å². The van der Waals surface area contributed by atoms with E-state index in [0.29, 0.717) is 0 Å². The lowest BCUT2D eigenvalue weighted by atomic mass is 9.94. The van der Waals surface area contributed by atoms with Crippen LogP contribution in [0.25, 0.3) is 0 Å². The predicted molar refractivity (Wildman–Crippen MR) is 54.6 cm³/mol. The Labute approximate surface area is 79.8 Å². The summed E-state index contributed by atoms with van der Waals surface area (Å²) in [5, 5.41) is 0. The van der Waals surface area contributed by atoms with Gasteiger partial charge in [-0.2, -0.15) is 0 Å². The third kappa shape index (κ3) is 1.90. The van der Waals surface area contributed by atoms with Crippen molar-refractivity contribution < 1.29 is 4.39 Å². The molecule has 0 atom stereocenters. The largest absolute Gasteiger partial charge is 0.206 e. The van der Waals surface area contributed by atoms with Crippen LogP contribution in [0, 0.1) is 12.7 Å². The smallest absolute Gasteiger partial charge is 0.130 e. The summed E-state index contributed by atoms with van der Waals surface area (Å²) in [6.45, 7) is 8.02. The minimum absolute atomic E-state index is 0.00231. The molecule has 0 radical (unpaired) electrons. The van der Waals surface area contributed by atoms with Gasteiger partial charge in [0, 0.05) is 0 Å². The van der Waals surface area contributed by atoms with E-state index in [4.69, 9.17) is 0 Å². The molecule has 0 spiro atoms. The summed E-state index contributed by atoms with van der Waals surface area (Å²) in [4.78, 5) is 0. The Balaban J connectivity index is 3.30. The molecule has 0 aliphatic heterocycles. The number of rotatable bonds is 2. The Kier molecular flexibility index (Phi) is 3.07. The lowest BCUT2D eigenvalue weighted by Crippen LogP contribution is -2.00. The second-order valence-electron chi connectivity index (χ2n) is 3.78. The molecule has 1 aromatic rings. The van der Waals surface area contributed by atoms with Crippen LogP contribution in [-0.2, 0) is 6.42 Å². The van der Waals surface area contributed by atoms with Crippen molar-refractivity contribution in [1.82, 2.24) is 0 Å². The van der Waals surface area contributed by atoms with Gasteiger partial charge in [-0.15, -0.1) is 0 Å². The number of hydrogen-bond donors (Lipinski definition) is 0. The Morgan fingerprint density at radius 3 is 2.38 bits per heavy atom. The van der Waals surface area contributed by atoms with Crippen LogP contribution in [0.2, 0.25) is 0 Å². The van der Waals surface area contributed by atoms with E-state index in [0.717, 1.165) is 23.1 Å². The van der Waals surface area contributed by atoms with Gasteiger partial charge in [-0.05, 0) is 36.0 Å². The molecule has 0 N–H and O–H groups in total. The van der Waals surface area contributed by atoms with Crippen molar-refractivity contribution in [3.63, 3.8) is 0 Å². The summed E-state index contributed by atoms with van der Waals surface area (Å²) in [5.41, 5.74) is 2.76. The molecule has 0 bridgehead atoms. The molecular formula is C12H17F. The van der Waals surface area contributed by atoms with Gasteiger partial charge >= 0.3 is 0 Å². The molecule has 1 aromatic carbocycles. The maximum absolute atomic E-state index is 13.8. The van der Waals surface area contributed by atoms with Gasteiger partial charge in [-0.3, -0.25) is 0 Å². The maximum Gasteiger partial charge on any atom is 0.130 e. The van der Waals surface area contributed by atoms with Crippen LogP contribution in [0.5, 0.6) is 0 Å². The van der Waals surface area contributed by atoms with Crippen LogP contribution in [-0.4, -0.2) is 0 Å². The van der Waals surface area contributed by atoms with Crippen LogP contribution in [0.4, 0.5) is 4.39 Å². The van der Waals surface area contributed by atoms with Crippen molar-refractivity contribution in [3.05, 3.63) is 34.6 Å². The van der Waals surface area contributed by atoms with E-state index < -0.39 is 0 Å². The van der Waals surface area contributed by atoms with Crippen LogP contribution in [0.1, 0.15) is 43.4 Å². The zero-order valence-electron chi connectivity index (χ0n) is 8.82. The molecule has 0 saturated heterocycles. The second kappa shape index (κ2) is 3.91. The van der Waals surface area contributed by atoms with Crippen LogP contribution in [0.15, 0.2) is 12.1 Å². The van der Waals surface area contributed by atoms with Gasteiger partial charge in [0.25, 0.3) is 0 Å². The summed E-state index contributed by atoms with van der Waals surface area (Å²) >= 11 is 0. The SMILES string of the molecule is CCc1ccc(C)c(C(C)C)c1F. The number of benzene rings is 1. The molecule has 1 rings (SSSR count). The van der Waals surface area contributed by atoms with E-state index in [9.17, 15) is 4.39 Å². The zero-order valence-corrected chi connectivity index (χ0v) is 8.82. The highest BCUT2D eigenvalue weighted by molar-refractivity contribution is 5.35. The van der Waals surface area contributed by atoms with Gasteiger partial charge < -0.3 is 0 Å². The summed E-state index contributed by atoms with van der Waals surface area (Å²) in [7, 11) is 0. The van der Waals surface area contributed by atoms with E-state index in [1.807, 2.05) is 39.8 Å². The highest BCUT2D eigenvalue weighted by Gasteiger charge is 2.12. The fourth-order valence-corrected chi connectivity index (χ4v) is 1.72. The molecular weight excluding hydrogens is 163 g/mol. The fourth-order valence-electron chi connectivity index (χ4n) is 1.72. The van der Waals surface area contributed by atoms with Gasteiger partial charge in [0.15, 0.2) is 0 Å². The summed E-state index contributed by atoms with van der Waals surface area (Å²) in [5.74, 6) is 0.268. The summed E-state index contributed by atoms with van der Waals surface area (Å²) in [6, 6.07) is 3.90. The lowest BCUT2D eigenvalue weighted by molar-refractivity contribution is 0.581. The van der Waals surface area contributed by atoms with Gasteiger partial charge in [-0.1, -0.05) is 32.9 Å². The maximum atomic E-state index is 13.8. The zero-order chi connectivity index (χ0) is 10.0. The minimum Gasteiger partial charge on any atom is -0.206 e. The predicted octanol–water partition coefficient (Wildman–Crippen LogP) is 3.82. The first kappa shape index (κ1) is 10.2. The van der Waals surface area contributed by atoms with Crippen molar-refractivity contribution in [2.45, 2.75) is 40.0 Å². The van der Waals surface area contributed by atoms with E-state index in [-0.39, 0.29) is 11.7 Å². The fraction of sp³-hybridized carbons (Fsp3) is 0.500. The van der Waals surface area contributed by atoms with Crippen LogP contribution in [0.3, 0.4) is 0 Å². The number of halogens is 1. The molecule has 0 nitrogen and oxygen atoms in total. The van der Waals surface area contributed by atoms with Crippen molar-refractivity contribution in [2.75, 3.05) is 0 Å². The Hall–Kier alpha value is -0.850. The Morgan fingerprint density at radius 2 is 1.92 bits per heavy atom. The lowest BCUT2D eigenvalue weighted by Gasteiger charge is -2.13. The third-order valence-corrected chi connectivity index (χ3v) is 2.44. The first-order valence-corrected chi connectivity index (χ1v) is 4.85. The van der Waals surface area contributed by atoms with Crippen LogP contribution >= 0.6 is 0 Å². The minimum atomic E-state index is -0.00231. The quantitative estimate of drug-likeness (QED) is 0.649. The molecule has 0 amide bonds. The average molecular weight is 180 g/mol. The highest BCUT2D eigenvalue weighted by atomic mass is 19.1. The van der Waals surface area contributed by atoms with Crippen molar-refractivity contribution >= 4 is 0 Å². The molecule has 0 aromatic heterocycles. The Morgan fingerprint density at radius 1 is 1.31 bits per heavy atom. The van der Waals surface area contributed by atoms with E-state index in [1.54, 1.807) is 0 Å². The summed E-state index contributed by atoms with van der Waals surface area (Å²) < 4.78 is 13.8. The molecule has 0 aliphatic rings. The monoisotopic (exact) mass is 180 g/mol. The van der Waals surface area contributed by atoms with Crippen molar-refractivity contribution in [2.24, 2.45) is 0 Å². The van der Waals surface area contributed by atoms with Gasteiger partial charge in [0.1, 0.15) is 5.82 Å². The number of aryl methyl sites for hydroxylation is 2. The molecule has 0 unspecified atom stereocenters. The van der Waals surface area contributed by atoms with E-state index in [2.05, 4.69) is 0 Å². The molecule has 0 saturated carbocycles. The third-order valence-electron chi connectivity index (χ3n) is 2.44. The van der Waals surface area contributed by atoms with E-state index >= 15 is 0 Å². The molecule has 0 fully saturated rings. The Bertz CT molecular complexity index is 300. The van der Waals surface area contributed by atoms with Gasteiger partial charge in [0.2, 0.25) is 0 Å². The molecule has 1 heteroatoms. The average Bonchev–Trinajstić information content (AvgIpc) is 2.04. The number of hydrogen-bond acceptors (Lipinski definition) is 0. The van der Waals surface area contributed by atoms with Crippen LogP contribution < -0.4 is 0 Å². The first-order chi connectivity index (χ1) is 6.07. The topological polar surface area (TPSA) is 0 Å². The molecule has 72 valence electrons. The van der Waals surface area contributed by atoms with E-state index in [1.165, 1.54) is 0 Å². The summed E-state index contributed by atoms with van der Waals surface area (Å²) in [6.07, 6.45) is 0.770. The molecule has 0 heterocycles. The molecule has 0 aliphatic carbocycles. The van der Waals surface area contributed by atoms with Crippen molar-refractivity contribution in [3.8, 4) is 0 Å².